The molecule has 0 heterocycles. The van der Waals surface area contributed by atoms with Crippen LogP contribution in [0.1, 0.15) is 11.1 Å². The van der Waals surface area contributed by atoms with Crippen molar-refractivity contribution in [2.45, 2.75) is 13.8 Å². The van der Waals surface area contributed by atoms with Crippen LogP contribution in [0, 0.1) is 13.8 Å². The van der Waals surface area contributed by atoms with E-state index in [2.05, 4.69) is 16.3 Å². The molecule has 0 fully saturated rings. The third kappa shape index (κ3) is 2.66. The maximum Gasteiger partial charge on any atom is 0.109 e. The second-order valence-electron chi connectivity index (χ2n) is 4.31. The van der Waals surface area contributed by atoms with E-state index in [1.807, 2.05) is 26.0 Å². The Morgan fingerprint density at radius 2 is 1.50 bits per heavy atom. The van der Waals surface area contributed by atoms with Gasteiger partial charge in [0.05, 0.1) is 11.4 Å². The highest BCUT2D eigenvalue weighted by atomic mass is 15.1. The Hall–Kier alpha value is -2.36. The maximum absolute atomic E-state index is 5.81. The molecule has 0 unspecified atom stereocenters. The first-order valence-corrected chi connectivity index (χ1v) is 5.70. The van der Waals surface area contributed by atoms with Crippen LogP contribution in [0.5, 0.6) is 0 Å². The number of anilines is 2. The van der Waals surface area contributed by atoms with Crippen LogP contribution < -0.4 is 11.5 Å². The normalized spacial score (nSPS) is 11.0. The highest BCUT2D eigenvalue weighted by Crippen LogP contribution is 2.27. The molecule has 2 aromatic rings. The molecule has 0 aliphatic carbocycles. The van der Waals surface area contributed by atoms with Crippen LogP contribution in [0.25, 0.3) is 0 Å². The van der Waals surface area contributed by atoms with Gasteiger partial charge in [0, 0.05) is 5.69 Å². The summed E-state index contributed by atoms with van der Waals surface area (Å²) in [7, 11) is 0. The Morgan fingerprint density at radius 1 is 0.833 bits per heavy atom. The molecule has 0 aliphatic heterocycles. The summed E-state index contributed by atoms with van der Waals surface area (Å²) in [5.41, 5.74) is 16.4. The van der Waals surface area contributed by atoms with Crippen molar-refractivity contribution in [2.24, 2.45) is 10.2 Å². The van der Waals surface area contributed by atoms with Gasteiger partial charge in [-0.25, -0.2) is 0 Å². The molecule has 2 rings (SSSR count). The summed E-state index contributed by atoms with van der Waals surface area (Å²) in [5, 5.41) is 8.36. The first kappa shape index (κ1) is 12.1. The monoisotopic (exact) mass is 240 g/mol. The van der Waals surface area contributed by atoms with Crippen LogP contribution in [0.2, 0.25) is 0 Å². The van der Waals surface area contributed by atoms with Gasteiger partial charge in [-0.2, -0.15) is 5.11 Å². The lowest BCUT2D eigenvalue weighted by Crippen LogP contribution is -1.89. The lowest BCUT2D eigenvalue weighted by molar-refractivity contribution is 1.20. The fourth-order valence-electron chi connectivity index (χ4n) is 1.69. The van der Waals surface area contributed by atoms with Gasteiger partial charge in [-0.1, -0.05) is 17.7 Å². The lowest BCUT2D eigenvalue weighted by Gasteiger charge is -2.02. The molecule has 0 saturated heterocycles. The number of benzene rings is 2. The van der Waals surface area contributed by atoms with Gasteiger partial charge in [0.15, 0.2) is 0 Å². The van der Waals surface area contributed by atoms with Crippen LogP contribution in [-0.2, 0) is 0 Å². The molecule has 4 N–H and O–H groups in total. The minimum absolute atomic E-state index is 0.531. The van der Waals surface area contributed by atoms with Crippen LogP contribution >= 0.6 is 0 Å². The molecular weight excluding hydrogens is 224 g/mol. The zero-order valence-electron chi connectivity index (χ0n) is 10.5. The molecule has 4 heteroatoms. The average Bonchev–Trinajstić information content (AvgIpc) is 2.30. The van der Waals surface area contributed by atoms with Gasteiger partial charge in [-0.05, 0) is 43.7 Å². The van der Waals surface area contributed by atoms with Gasteiger partial charge in [-0.3, -0.25) is 0 Å². The van der Waals surface area contributed by atoms with Crippen molar-refractivity contribution in [3.63, 3.8) is 0 Å². The van der Waals surface area contributed by atoms with Crippen molar-refractivity contribution >= 4 is 22.7 Å². The summed E-state index contributed by atoms with van der Waals surface area (Å²) >= 11 is 0. The van der Waals surface area contributed by atoms with E-state index in [0.29, 0.717) is 17.1 Å². The van der Waals surface area contributed by atoms with E-state index in [-0.39, 0.29) is 0 Å². The van der Waals surface area contributed by atoms with E-state index in [1.165, 1.54) is 5.56 Å². The van der Waals surface area contributed by atoms with Crippen molar-refractivity contribution < 1.29 is 0 Å². The SMILES string of the molecule is Cc1ccc(N=Nc2ccc(N)cc2N)c(C)c1. The Bertz CT molecular complexity index is 549. The minimum atomic E-state index is 0.531. The first-order valence-electron chi connectivity index (χ1n) is 5.70. The van der Waals surface area contributed by atoms with Crippen molar-refractivity contribution in [3.05, 3.63) is 47.5 Å². The molecule has 0 aliphatic rings. The smallest absolute Gasteiger partial charge is 0.109 e. The summed E-state index contributed by atoms with van der Waals surface area (Å²) in [4.78, 5) is 0. The fourth-order valence-corrected chi connectivity index (χ4v) is 1.69. The van der Waals surface area contributed by atoms with Gasteiger partial charge in [0.25, 0.3) is 0 Å². The molecule has 18 heavy (non-hydrogen) atoms. The number of azo groups is 1. The second kappa shape index (κ2) is 4.87. The number of nitrogens with zero attached hydrogens (tertiary/aromatic N) is 2. The van der Waals surface area contributed by atoms with Crippen molar-refractivity contribution in [2.75, 3.05) is 11.5 Å². The van der Waals surface area contributed by atoms with Crippen LogP contribution in [0.15, 0.2) is 46.6 Å². The second-order valence-corrected chi connectivity index (χ2v) is 4.31. The topological polar surface area (TPSA) is 76.8 Å². The molecular formula is C14H16N4. The zero-order chi connectivity index (χ0) is 13.1. The summed E-state index contributed by atoms with van der Waals surface area (Å²) in [6.07, 6.45) is 0. The van der Waals surface area contributed by atoms with Crippen LogP contribution in [-0.4, -0.2) is 0 Å². The average molecular weight is 240 g/mol. The fraction of sp³-hybridized carbons (Fsp3) is 0.143. The molecule has 0 bridgehead atoms. The number of aryl methyl sites for hydroxylation is 2. The first-order chi connectivity index (χ1) is 8.56. The van der Waals surface area contributed by atoms with Crippen LogP contribution in [0.4, 0.5) is 22.7 Å². The lowest BCUT2D eigenvalue weighted by atomic mass is 10.1. The number of nitrogens with two attached hydrogens (primary N) is 2. The van der Waals surface area contributed by atoms with E-state index in [4.69, 9.17) is 11.5 Å². The van der Waals surface area contributed by atoms with Gasteiger partial charge < -0.3 is 11.5 Å². The summed E-state index contributed by atoms with van der Waals surface area (Å²) in [5.74, 6) is 0. The Morgan fingerprint density at radius 3 is 2.17 bits per heavy atom. The minimum Gasteiger partial charge on any atom is -0.399 e. The maximum atomic E-state index is 5.81. The predicted octanol–water partition coefficient (Wildman–Crippen LogP) is 3.88. The Labute approximate surface area is 106 Å². The summed E-state index contributed by atoms with van der Waals surface area (Å²) < 4.78 is 0. The van der Waals surface area contributed by atoms with E-state index < -0.39 is 0 Å². The number of rotatable bonds is 2. The Kier molecular flexibility index (Phi) is 3.28. The van der Waals surface area contributed by atoms with Crippen molar-refractivity contribution in [1.82, 2.24) is 0 Å². The molecule has 0 saturated carbocycles. The molecule has 0 atom stereocenters. The molecule has 2 aromatic carbocycles. The summed E-state index contributed by atoms with van der Waals surface area (Å²) in [6, 6.07) is 11.2. The van der Waals surface area contributed by atoms with Crippen molar-refractivity contribution in [3.8, 4) is 0 Å². The van der Waals surface area contributed by atoms with Crippen molar-refractivity contribution in [1.29, 1.82) is 0 Å². The third-order valence-corrected chi connectivity index (χ3v) is 2.67. The molecule has 0 aromatic heterocycles. The number of nitrogen functional groups attached to an aromatic ring is 2. The Balaban J connectivity index is 2.30. The molecule has 4 nitrogen and oxygen atoms in total. The largest absolute Gasteiger partial charge is 0.399 e. The third-order valence-electron chi connectivity index (χ3n) is 2.67. The standard InChI is InChI=1S/C14H16N4/c1-9-3-5-13(10(2)7-9)17-18-14-6-4-11(15)8-12(14)16/h3-8H,15-16H2,1-2H3. The van der Waals surface area contributed by atoms with Gasteiger partial charge in [0.2, 0.25) is 0 Å². The quantitative estimate of drug-likeness (QED) is 0.617. The van der Waals surface area contributed by atoms with E-state index in [9.17, 15) is 0 Å². The summed E-state index contributed by atoms with van der Waals surface area (Å²) in [6.45, 7) is 4.06. The van der Waals surface area contributed by atoms with Gasteiger partial charge in [-0.15, -0.1) is 5.11 Å². The zero-order valence-corrected chi connectivity index (χ0v) is 10.5. The van der Waals surface area contributed by atoms with Gasteiger partial charge >= 0.3 is 0 Å². The van der Waals surface area contributed by atoms with E-state index in [0.717, 1.165) is 11.3 Å². The molecule has 92 valence electrons. The van der Waals surface area contributed by atoms with E-state index >= 15 is 0 Å². The highest BCUT2D eigenvalue weighted by Gasteiger charge is 1.99. The molecule has 0 spiro atoms. The molecule has 0 radical (unpaired) electrons. The van der Waals surface area contributed by atoms with Gasteiger partial charge in [0.1, 0.15) is 5.69 Å². The number of hydrogen-bond donors (Lipinski definition) is 2. The van der Waals surface area contributed by atoms with E-state index in [1.54, 1.807) is 18.2 Å². The van der Waals surface area contributed by atoms with Crippen LogP contribution in [0.3, 0.4) is 0 Å². The molecule has 0 amide bonds. The number of hydrogen-bond acceptors (Lipinski definition) is 4. The predicted molar refractivity (Wildman–Crippen MR) is 75.4 cm³/mol. The highest BCUT2D eigenvalue weighted by molar-refractivity contribution is 5.67.